The monoisotopic (exact) mass is 421 g/mol. The van der Waals surface area contributed by atoms with Gasteiger partial charge in [0.1, 0.15) is 0 Å². The lowest BCUT2D eigenvalue weighted by atomic mass is 9.99. The number of aliphatic imine (C=N–C) groups is 1. The predicted octanol–water partition coefficient (Wildman–Crippen LogP) is 2.31. The van der Waals surface area contributed by atoms with Crippen LogP contribution in [0.1, 0.15) is 24.0 Å². The highest BCUT2D eigenvalue weighted by molar-refractivity contribution is 7.92. The highest BCUT2D eigenvalue weighted by Crippen LogP contribution is 2.30. The van der Waals surface area contributed by atoms with Crippen molar-refractivity contribution in [1.29, 1.82) is 0 Å². The molecule has 1 N–H and O–H groups in total. The zero-order valence-electron chi connectivity index (χ0n) is 16.2. The Hall–Kier alpha value is -1.81. The van der Waals surface area contributed by atoms with E-state index in [9.17, 15) is 21.6 Å². The fourth-order valence-corrected chi connectivity index (χ4v) is 4.44. The molecule has 0 saturated carbocycles. The summed E-state index contributed by atoms with van der Waals surface area (Å²) in [6, 6.07) is 4.92. The molecular formula is C18H26F3N3O3S. The molecule has 0 radical (unpaired) electrons. The molecule has 0 aromatic heterocycles. The minimum Gasteiger partial charge on any atom is -0.381 e. The maximum absolute atomic E-state index is 12.7. The standard InChI is InChI=1S/C18H26F3N3O3S/c1-22-16(23-13-17(28(3,25)26)8-10-27-11-9-17)24(2)12-14-4-6-15(7-5-14)18(19,20)21/h4-7H,8-13H2,1-3H3,(H,22,23). The molecule has 0 aliphatic carbocycles. The SMILES string of the molecule is CN=C(NCC1(S(C)(=O)=O)CCOCC1)N(C)Cc1ccc(C(F)(F)F)cc1. The van der Waals surface area contributed by atoms with Gasteiger partial charge in [-0.3, -0.25) is 4.99 Å². The largest absolute Gasteiger partial charge is 0.416 e. The van der Waals surface area contributed by atoms with Crippen LogP contribution < -0.4 is 5.32 Å². The molecule has 1 fully saturated rings. The molecule has 1 aromatic carbocycles. The third-order valence-corrected chi connectivity index (χ3v) is 7.16. The Morgan fingerprint density at radius 1 is 1.25 bits per heavy atom. The van der Waals surface area contributed by atoms with E-state index in [4.69, 9.17) is 4.74 Å². The van der Waals surface area contributed by atoms with E-state index in [0.29, 0.717) is 44.1 Å². The molecule has 28 heavy (non-hydrogen) atoms. The first kappa shape index (κ1) is 22.5. The van der Waals surface area contributed by atoms with Gasteiger partial charge in [-0.1, -0.05) is 12.1 Å². The molecule has 2 rings (SSSR count). The summed E-state index contributed by atoms with van der Waals surface area (Å²) in [5.74, 6) is 0.467. The highest BCUT2D eigenvalue weighted by Gasteiger charge is 2.42. The molecule has 0 amide bonds. The summed E-state index contributed by atoms with van der Waals surface area (Å²) in [6.45, 7) is 1.29. The van der Waals surface area contributed by atoms with Gasteiger partial charge in [0.25, 0.3) is 0 Å². The number of ether oxygens (including phenoxy) is 1. The maximum atomic E-state index is 12.7. The van der Waals surface area contributed by atoms with Crippen molar-refractivity contribution in [2.24, 2.45) is 4.99 Å². The lowest BCUT2D eigenvalue weighted by Gasteiger charge is -2.36. The van der Waals surface area contributed by atoms with Crippen LogP contribution in [0, 0.1) is 0 Å². The molecule has 1 saturated heterocycles. The third kappa shape index (κ3) is 5.38. The normalized spacial score (nSPS) is 18.0. The number of rotatable bonds is 5. The average molecular weight is 421 g/mol. The van der Waals surface area contributed by atoms with Gasteiger partial charge in [0.2, 0.25) is 0 Å². The van der Waals surface area contributed by atoms with Crippen molar-refractivity contribution in [3.63, 3.8) is 0 Å². The topological polar surface area (TPSA) is 71.0 Å². The number of alkyl halides is 3. The second kappa shape index (κ2) is 8.69. The molecule has 0 atom stereocenters. The first-order chi connectivity index (χ1) is 13.0. The quantitative estimate of drug-likeness (QED) is 0.584. The minimum atomic E-state index is -4.37. The molecule has 1 aromatic rings. The highest BCUT2D eigenvalue weighted by atomic mass is 32.2. The van der Waals surface area contributed by atoms with Crippen LogP contribution in [0.15, 0.2) is 29.3 Å². The Labute approximate surface area is 163 Å². The summed E-state index contributed by atoms with van der Waals surface area (Å²) >= 11 is 0. The number of sulfone groups is 1. The molecule has 1 heterocycles. The number of halogens is 3. The van der Waals surface area contributed by atoms with E-state index in [1.54, 1.807) is 19.0 Å². The minimum absolute atomic E-state index is 0.194. The van der Waals surface area contributed by atoms with E-state index in [1.807, 2.05) is 0 Å². The Morgan fingerprint density at radius 3 is 2.29 bits per heavy atom. The van der Waals surface area contributed by atoms with Crippen molar-refractivity contribution >= 4 is 15.8 Å². The summed E-state index contributed by atoms with van der Waals surface area (Å²) < 4.78 is 67.1. The number of hydrogen-bond donors (Lipinski definition) is 1. The number of benzene rings is 1. The Morgan fingerprint density at radius 2 is 1.82 bits per heavy atom. The molecule has 158 valence electrons. The van der Waals surface area contributed by atoms with Crippen LogP contribution in [-0.2, 0) is 27.3 Å². The maximum Gasteiger partial charge on any atom is 0.416 e. The number of nitrogens with zero attached hydrogens (tertiary/aromatic N) is 2. The smallest absolute Gasteiger partial charge is 0.381 e. The van der Waals surface area contributed by atoms with Crippen LogP contribution >= 0.6 is 0 Å². The van der Waals surface area contributed by atoms with Crippen molar-refractivity contribution in [2.45, 2.75) is 30.3 Å². The van der Waals surface area contributed by atoms with Gasteiger partial charge in [0.15, 0.2) is 15.8 Å². The lowest BCUT2D eigenvalue weighted by molar-refractivity contribution is -0.137. The molecule has 1 aliphatic heterocycles. The van der Waals surface area contributed by atoms with Crippen LogP contribution in [0.3, 0.4) is 0 Å². The van der Waals surface area contributed by atoms with E-state index >= 15 is 0 Å². The van der Waals surface area contributed by atoms with Crippen molar-refractivity contribution in [1.82, 2.24) is 10.2 Å². The zero-order valence-corrected chi connectivity index (χ0v) is 17.0. The zero-order chi connectivity index (χ0) is 21.0. The van der Waals surface area contributed by atoms with Gasteiger partial charge >= 0.3 is 6.18 Å². The third-order valence-electron chi connectivity index (χ3n) is 5.03. The second-order valence-electron chi connectivity index (χ2n) is 7.02. The van der Waals surface area contributed by atoms with Crippen LogP contribution in [0.25, 0.3) is 0 Å². The molecule has 0 spiro atoms. The predicted molar refractivity (Wildman–Crippen MR) is 102 cm³/mol. The van der Waals surface area contributed by atoms with Gasteiger partial charge in [-0.15, -0.1) is 0 Å². The van der Waals surface area contributed by atoms with Gasteiger partial charge < -0.3 is 15.0 Å². The van der Waals surface area contributed by atoms with E-state index in [0.717, 1.165) is 12.1 Å². The Balaban J connectivity index is 2.04. The van der Waals surface area contributed by atoms with Crippen LogP contribution in [0.5, 0.6) is 0 Å². The van der Waals surface area contributed by atoms with Crippen molar-refractivity contribution in [3.8, 4) is 0 Å². The summed E-state index contributed by atoms with van der Waals surface area (Å²) in [7, 11) is -0.00500. The average Bonchev–Trinajstić information content (AvgIpc) is 2.62. The summed E-state index contributed by atoms with van der Waals surface area (Å²) in [5.41, 5.74) is -0.0154. The second-order valence-corrected chi connectivity index (χ2v) is 9.43. The van der Waals surface area contributed by atoms with E-state index in [2.05, 4.69) is 10.3 Å². The summed E-state index contributed by atoms with van der Waals surface area (Å²) in [5, 5.41) is 3.10. The van der Waals surface area contributed by atoms with E-state index in [-0.39, 0.29) is 6.54 Å². The number of nitrogens with one attached hydrogen (secondary N) is 1. The first-order valence-electron chi connectivity index (χ1n) is 8.84. The van der Waals surface area contributed by atoms with Crippen molar-refractivity contribution in [3.05, 3.63) is 35.4 Å². The van der Waals surface area contributed by atoms with Crippen LogP contribution in [0.2, 0.25) is 0 Å². The fourth-order valence-electron chi connectivity index (χ4n) is 3.19. The van der Waals surface area contributed by atoms with Gasteiger partial charge in [0, 0.05) is 46.7 Å². The molecule has 0 unspecified atom stereocenters. The van der Waals surface area contributed by atoms with Gasteiger partial charge in [-0.25, -0.2) is 8.42 Å². The van der Waals surface area contributed by atoms with E-state index in [1.165, 1.54) is 18.4 Å². The fraction of sp³-hybridized carbons (Fsp3) is 0.611. The number of hydrogen-bond acceptors (Lipinski definition) is 4. The lowest BCUT2D eigenvalue weighted by Crippen LogP contribution is -2.53. The van der Waals surface area contributed by atoms with Gasteiger partial charge in [0.05, 0.1) is 10.3 Å². The first-order valence-corrected chi connectivity index (χ1v) is 10.7. The molecule has 0 bridgehead atoms. The van der Waals surface area contributed by atoms with Crippen molar-refractivity contribution in [2.75, 3.05) is 40.1 Å². The Kier molecular flexibility index (Phi) is 6.97. The molecule has 1 aliphatic rings. The molecule has 10 heteroatoms. The summed E-state index contributed by atoms with van der Waals surface area (Å²) in [4.78, 5) is 5.90. The van der Waals surface area contributed by atoms with Gasteiger partial charge in [-0.05, 0) is 30.5 Å². The molecule has 6 nitrogen and oxygen atoms in total. The molecular weight excluding hydrogens is 395 g/mol. The van der Waals surface area contributed by atoms with Crippen molar-refractivity contribution < 1.29 is 26.3 Å². The van der Waals surface area contributed by atoms with Crippen LogP contribution in [0.4, 0.5) is 13.2 Å². The van der Waals surface area contributed by atoms with Crippen LogP contribution in [-0.4, -0.2) is 64.1 Å². The van der Waals surface area contributed by atoms with E-state index < -0.39 is 26.3 Å². The Bertz CT molecular complexity index is 787. The summed E-state index contributed by atoms with van der Waals surface area (Å²) in [6.07, 6.45) is -2.34. The van der Waals surface area contributed by atoms with Gasteiger partial charge in [-0.2, -0.15) is 13.2 Å². The number of guanidine groups is 1.